The minimum Gasteiger partial charge on any atom is -0.395 e. The summed E-state index contributed by atoms with van der Waals surface area (Å²) < 4.78 is 16.9. The number of hydrogen-bond donors (Lipinski definition) is 2. The molecule has 27 heavy (non-hydrogen) atoms. The topological polar surface area (TPSA) is 68.4 Å². The van der Waals surface area contributed by atoms with Crippen LogP contribution in [0.25, 0.3) is 26.9 Å². The maximum absolute atomic E-state index is 14.7. The molecule has 6 heteroatoms. The Labute approximate surface area is 157 Å². The number of rotatable bonds is 2. The molecular formula is C21H21FN4O. The van der Waals surface area contributed by atoms with Crippen molar-refractivity contribution in [3.8, 4) is 11.1 Å². The van der Waals surface area contributed by atoms with E-state index in [4.69, 9.17) is 12.3 Å². The highest BCUT2D eigenvalue weighted by Crippen LogP contribution is 2.40. The second kappa shape index (κ2) is 6.67. The molecule has 0 atom stereocenters. The van der Waals surface area contributed by atoms with Crippen molar-refractivity contribution in [1.82, 2.24) is 9.55 Å². The number of aliphatic hydroxyl groups is 1. The van der Waals surface area contributed by atoms with Gasteiger partial charge in [0.25, 0.3) is 0 Å². The van der Waals surface area contributed by atoms with Crippen LogP contribution in [-0.2, 0) is 0 Å². The Morgan fingerprint density at radius 1 is 1.22 bits per heavy atom. The third-order valence-corrected chi connectivity index (χ3v) is 5.53. The zero-order valence-electron chi connectivity index (χ0n) is 15.1. The van der Waals surface area contributed by atoms with Gasteiger partial charge in [0.15, 0.2) is 11.5 Å². The number of hydrogen-bond acceptors (Lipinski definition) is 3. The molecule has 2 aromatic heterocycles. The van der Waals surface area contributed by atoms with Crippen LogP contribution in [0.4, 0.5) is 15.8 Å². The van der Waals surface area contributed by atoms with Crippen molar-refractivity contribution in [3.05, 3.63) is 53.5 Å². The Hall–Kier alpha value is -2.91. The van der Waals surface area contributed by atoms with Gasteiger partial charge in [0, 0.05) is 35.1 Å². The smallest absolute Gasteiger partial charge is 0.190 e. The molecule has 1 saturated carbocycles. The van der Waals surface area contributed by atoms with Crippen LogP contribution >= 0.6 is 0 Å². The van der Waals surface area contributed by atoms with Crippen molar-refractivity contribution >= 4 is 22.3 Å². The minimum atomic E-state index is -0.493. The van der Waals surface area contributed by atoms with Crippen LogP contribution in [0.1, 0.15) is 37.3 Å². The molecule has 0 aliphatic heterocycles. The van der Waals surface area contributed by atoms with E-state index in [2.05, 4.69) is 14.4 Å². The number of aromatic nitrogens is 2. The lowest BCUT2D eigenvalue weighted by molar-refractivity contribution is 0.111. The number of halogens is 1. The number of anilines is 1. The average Bonchev–Trinajstić information content (AvgIpc) is 3.02. The molecule has 0 unspecified atom stereocenters. The van der Waals surface area contributed by atoms with Gasteiger partial charge in [-0.2, -0.15) is 0 Å². The van der Waals surface area contributed by atoms with Crippen LogP contribution in [-0.4, -0.2) is 20.8 Å². The number of aliphatic hydroxyl groups excluding tert-OH is 1. The van der Waals surface area contributed by atoms with Gasteiger partial charge in [0.05, 0.1) is 24.6 Å². The SMILES string of the molecule is [C-]#[N+]c1cc2c(-c3cncc(N)c3F)cn(C3CCC(O)CC3)c2cc1C. The minimum absolute atomic E-state index is 0.00621. The molecule has 5 nitrogen and oxygen atoms in total. The second-order valence-corrected chi connectivity index (χ2v) is 7.27. The molecule has 0 bridgehead atoms. The lowest BCUT2D eigenvalue weighted by Crippen LogP contribution is -2.20. The number of fused-ring (bicyclic) bond motifs is 1. The first kappa shape index (κ1) is 17.5. The van der Waals surface area contributed by atoms with E-state index in [1.807, 2.05) is 25.3 Å². The summed E-state index contributed by atoms with van der Waals surface area (Å²) in [5, 5.41) is 10.7. The molecule has 4 rings (SSSR count). The van der Waals surface area contributed by atoms with Crippen LogP contribution < -0.4 is 5.73 Å². The predicted octanol–water partition coefficient (Wildman–Crippen LogP) is 4.76. The van der Waals surface area contributed by atoms with E-state index in [0.717, 1.165) is 42.1 Å². The zero-order valence-corrected chi connectivity index (χ0v) is 15.1. The van der Waals surface area contributed by atoms with E-state index < -0.39 is 5.82 Å². The van der Waals surface area contributed by atoms with Crippen LogP contribution in [0.15, 0.2) is 30.7 Å². The molecule has 1 aromatic carbocycles. The summed E-state index contributed by atoms with van der Waals surface area (Å²) in [5.74, 6) is -0.493. The molecule has 3 aromatic rings. The van der Waals surface area contributed by atoms with Crippen LogP contribution in [0.3, 0.4) is 0 Å². The molecule has 0 radical (unpaired) electrons. The molecule has 0 amide bonds. The quantitative estimate of drug-likeness (QED) is 0.644. The Balaban J connectivity index is 1.96. The van der Waals surface area contributed by atoms with Gasteiger partial charge in [-0.1, -0.05) is 0 Å². The van der Waals surface area contributed by atoms with Gasteiger partial charge in [0.1, 0.15) is 0 Å². The van der Waals surface area contributed by atoms with Gasteiger partial charge in [-0.05, 0) is 55.7 Å². The summed E-state index contributed by atoms with van der Waals surface area (Å²) in [7, 11) is 0. The maximum atomic E-state index is 14.7. The van der Waals surface area contributed by atoms with Crippen molar-refractivity contribution in [3.63, 3.8) is 0 Å². The monoisotopic (exact) mass is 364 g/mol. The number of benzene rings is 1. The molecule has 0 saturated heterocycles. The normalized spacial score (nSPS) is 19.9. The van der Waals surface area contributed by atoms with E-state index in [-0.39, 0.29) is 17.8 Å². The van der Waals surface area contributed by atoms with Gasteiger partial charge >= 0.3 is 0 Å². The van der Waals surface area contributed by atoms with Crippen molar-refractivity contribution in [2.24, 2.45) is 0 Å². The van der Waals surface area contributed by atoms with Crippen molar-refractivity contribution < 1.29 is 9.50 Å². The van der Waals surface area contributed by atoms with Crippen molar-refractivity contribution in [2.45, 2.75) is 44.8 Å². The van der Waals surface area contributed by atoms with Gasteiger partial charge in [-0.15, -0.1) is 0 Å². The van der Waals surface area contributed by atoms with Crippen LogP contribution in [0.2, 0.25) is 0 Å². The van der Waals surface area contributed by atoms with Crippen LogP contribution in [0.5, 0.6) is 0 Å². The summed E-state index contributed by atoms with van der Waals surface area (Å²) in [4.78, 5) is 7.65. The van der Waals surface area contributed by atoms with E-state index in [1.165, 1.54) is 12.4 Å². The highest BCUT2D eigenvalue weighted by molar-refractivity contribution is 5.99. The summed E-state index contributed by atoms with van der Waals surface area (Å²) in [6.45, 7) is 9.33. The van der Waals surface area contributed by atoms with Gasteiger partial charge in [0.2, 0.25) is 0 Å². The lowest BCUT2D eigenvalue weighted by Gasteiger charge is -2.27. The molecule has 2 heterocycles. The first-order valence-electron chi connectivity index (χ1n) is 9.09. The standard InChI is InChI=1S/C21H21FN4O/c1-12-7-20-15(8-19(12)24-2)17(16-9-25-10-18(23)21(16)22)11-26(20)13-3-5-14(27)6-4-13/h7-11,13-14,27H,3-6,23H2,1H3. The summed E-state index contributed by atoms with van der Waals surface area (Å²) in [6, 6.07) is 4.05. The van der Waals surface area contributed by atoms with Gasteiger partial charge in [-0.3, -0.25) is 4.98 Å². The Kier molecular flexibility index (Phi) is 4.33. The first-order valence-corrected chi connectivity index (χ1v) is 9.09. The Morgan fingerprint density at radius 2 is 1.96 bits per heavy atom. The fraction of sp³-hybridized carbons (Fsp3) is 0.333. The van der Waals surface area contributed by atoms with Crippen LogP contribution in [0, 0.1) is 19.3 Å². The number of nitrogen functional groups attached to an aromatic ring is 1. The van der Waals surface area contributed by atoms with E-state index in [0.29, 0.717) is 16.8 Å². The fourth-order valence-corrected chi connectivity index (χ4v) is 4.01. The third kappa shape index (κ3) is 2.94. The number of aryl methyl sites for hydroxylation is 1. The van der Waals surface area contributed by atoms with E-state index >= 15 is 0 Å². The molecule has 1 aliphatic rings. The molecule has 1 aliphatic carbocycles. The summed E-state index contributed by atoms with van der Waals surface area (Å²) in [6.07, 6.45) is 7.73. The molecule has 138 valence electrons. The zero-order chi connectivity index (χ0) is 19.1. The van der Waals surface area contributed by atoms with Gasteiger partial charge < -0.3 is 15.4 Å². The van der Waals surface area contributed by atoms with Crippen molar-refractivity contribution in [2.75, 3.05) is 5.73 Å². The van der Waals surface area contributed by atoms with E-state index in [9.17, 15) is 9.50 Å². The number of nitrogens with zero attached hydrogens (tertiary/aromatic N) is 3. The Bertz CT molecular complexity index is 1060. The highest BCUT2D eigenvalue weighted by atomic mass is 19.1. The third-order valence-electron chi connectivity index (χ3n) is 5.53. The van der Waals surface area contributed by atoms with Gasteiger partial charge in [-0.25, -0.2) is 9.24 Å². The molecule has 0 spiro atoms. The molecule has 3 N–H and O–H groups in total. The number of nitrogens with two attached hydrogens (primary N) is 1. The summed E-state index contributed by atoms with van der Waals surface area (Å²) in [5.41, 5.74) is 9.19. The molecule has 1 fully saturated rings. The Morgan fingerprint density at radius 3 is 2.67 bits per heavy atom. The fourth-order valence-electron chi connectivity index (χ4n) is 4.01. The predicted molar refractivity (Wildman–Crippen MR) is 104 cm³/mol. The lowest BCUT2D eigenvalue weighted by atomic mass is 9.93. The van der Waals surface area contributed by atoms with Crippen molar-refractivity contribution in [1.29, 1.82) is 0 Å². The molecular weight excluding hydrogens is 343 g/mol. The number of pyridine rings is 1. The second-order valence-electron chi connectivity index (χ2n) is 7.27. The maximum Gasteiger partial charge on any atom is 0.190 e. The van der Waals surface area contributed by atoms with E-state index in [1.54, 1.807) is 0 Å². The first-order chi connectivity index (χ1) is 13.0. The average molecular weight is 364 g/mol. The largest absolute Gasteiger partial charge is 0.395 e. The highest BCUT2D eigenvalue weighted by Gasteiger charge is 2.24. The summed E-state index contributed by atoms with van der Waals surface area (Å²) >= 11 is 0.